The van der Waals surface area contributed by atoms with E-state index in [9.17, 15) is 4.79 Å². The molecule has 0 N–H and O–H groups in total. The fraction of sp³-hybridized carbons (Fsp3) is 0.683. The number of hydrogen-bond donors (Lipinski definition) is 0. The first-order valence-corrected chi connectivity index (χ1v) is 22.4. The molecule has 9 nitrogen and oxygen atoms in total. The first kappa shape index (κ1) is 42.5. The molecule has 0 aromatic heterocycles. The number of fused-ring (bicyclic) bond motifs is 1. The fourth-order valence-electron chi connectivity index (χ4n) is 8.40. The average Bonchev–Trinajstić information content (AvgIpc) is 3.12. The lowest BCUT2D eigenvalue weighted by molar-refractivity contribution is -0.0643. The van der Waals surface area contributed by atoms with Crippen LogP contribution >= 0.6 is 11.8 Å². The van der Waals surface area contributed by atoms with Gasteiger partial charge in [-0.05, 0) is 76.5 Å². The zero-order valence-electron chi connectivity index (χ0n) is 33.5. The van der Waals surface area contributed by atoms with Crippen LogP contribution in [0.15, 0.2) is 47.4 Å². The Morgan fingerprint density at radius 2 is 1.62 bits per heavy atom. The number of hydrogen-bond acceptors (Lipinski definition) is 9. The van der Waals surface area contributed by atoms with Crippen molar-refractivity contribution in [3.63, 3.8) is 0 Å². The van der Waals surface area contributed by atoms with Crippen LogP contribution in [-0.4, -0.2) is 105 Å². The third kappa shape index (κ3) is 10.7. The number of nitrogens with zero attached hydrogens (tertiary/aromatic N) is 2. The van der Waals surface area contributed by atoms with Crippen LogP contribution in [0.3, 0.4) is 0 Å². The molecule has 4 atom stereocenters. The highest BCUT2D eigenvalue weighted by atomic mass is 32.2. The summed E-state index contributed by atoms with van der Waals surface area (Å²) < 4.78 is 36.5. The molecule has 4 rings (SSSR count). The van der Waals surface area contributed by atoms with Gasteiger partial charge >= 0.3 is 6.09 Å². The number of anilines is 1. The Kier molecular flexibility index (Phi) is 16.7. The van der Waals surface area contributed by atoms with E-state index in [0.717, 1.165) is 61.9 Å². The summed E-state index contributed by atoms with van der Waals surface area (Å²) in [7, 11) is 2.62. The van der Waals surface area contributed by atoms with E-state index in [1.54, 1.807) is 19.1 Å². The van der Waals surface area contributed by atoms with Crippen molar-refractivity contribution in [1.82, 2.24) is 4.90 Å². The van der Waals surface area contributed by atoms with Gasteiger partial charge in [0.2, 0.25) is 8.32 Å². The molecule has 0 spiro atoms. The molecule has 0 unspecified atom stereocenters. The molecule has 1 amide bonds. The van der Waals surface area contributed by atoms with Gasteiger partial charge in [-0.2, -0.15) is 0 Å². The SMILES string of the molecule is COCCCN1CCOc2ccc(CO[C@H]3CN(C(=O)OC)C[C@@H](O[Si](C(C)C)(C(C)C)C(C)C)[C@@H]3c3ccc(SCC[C@@H](C)COC)cc3)cc21. The van der Waals surface area contributed by atoms with Crippen LogP contribution in [0.4, 0.5) is 10.5 Å². The number of piperidine rings is 1. The zero-order valence-corrected chi connectivity index (χ0v) is 35.3. The van der Waals surface area contributed by atoms with Crippen molar-refractivity contribution in [2.45, 2.75) is 108 Å². The van der Waals surface area contributed by atoms with Crippen molar-refractivity contribution in [2.75, 3.05) is 78.0 Å². The van der Waals surface area contributed by atoms with Crippen molar-refractivity contribution in [3.05, 3.63) is 53.6 Å². The summed E-state index contributed by atoms with van der Waals surface area (Å²) in [6.45, 7) is 21.3. The van der Waals surface area contributed by atoms with E-state index in [0.29, 0.717) is 48.8 Å². The number of thioether (sulfide) groups is 1. The smallest absolute Gasteiger partial charge is 0.409 e. The largest absolute Gasteiger partial charge is 0.490 e. The average molecular weight is 759 g/mol. The molecule has 0 bridgehead atoms. The molecule has 2 aromatic rings. The second-order valence-electron chi connectivity index (χ2n) is 15.5. The first-order chi connectivity index (χ1) is 24.9. The predicted octanol–water partition coefficient (Wildman–Crippen LogP) is 9.00. The minimum atomic E-state index is -2.34. The van der Waals surface area contributed by atoms with Crippen LogP contribution in [0.2, 0.25) is 16.6 Å². The number of carbonyl (C=O) groups is 1. The fourth-order valence-corrected chi connectivity index (χ4v) is 15.0. The molecule has 1 saturated heterocycles. The predicted molar refractivity (Wildman–Crippen MR) is 215 cm³/mol. The van der Waals surface area contributed by atoms with Crippen LogP contribution in [-0.2, 0) is 30.0 Å². The molecule has 0 saturated carbocycles. The number of amides is 1. The second kappa shape index (κ2) is 20.4. The summed E-state index contributed by atoms with van der Waals surface area (Å²) in [6, 6.07) is 15.3. The summed E-state index contributed by atoms with van der Waals surface area (Å²) in [5, 5.41) is 0. The van der Waals surface area contributed by atoms with Gasteiger partial charge in [0, 0.05) is 51.3 Å². The lowest BCUT2D eigenvalue weighted by atomic mass is 9.84. The summed E-state index contributed by atoms with van der Waals surface area (Å²) in [6.07, 6.45) is 1.14. The number of rotatable bonds is 19. The van der Waals surface area contributed by atoms with Gasteiger partial charge in [-0.25, -0.2) is 4.79 Å². The Morgan fingerprint density at radius 3 is 2.25 bits per heavy atom. The van der Waals surface area contributed by atoms with Crippen LogP contribution < -0.4 is 9.64 Å². The van der Waals surface area contributed by atoms with Crippen molar-refractivity contribution in [2.24, 2.45) is 5.92 Å². The third-order valence-electron chi connectivity index (χ3n) is 10.9. The molecule has 2 aliphatic heterocycles. The van der Waals surface area contributed by atoms with E-state index in [4.69, 9.17) is 28.1 Å². The normalized spacial score (nSPS) is 20.0. The summed E-state index contributed by atoms with van der Waals surface area (Å²) in [5.74, 6) is 2.40. The number of methoxy groups -OCH3 is 3. The Balaban J connectivity index is 1.67. The number of likely N-dealkylation sites (tertiary alicyclic amines) is 1. The van der Waals surface area contributed by atoms with Gasteiger partial charge in [-0.3, -0.25) is 0 Å². The van der Waals surface area contributed by atoms with E-state index in [1.165, 1.54) is 17.6 Å². The molecule has 2 aliphatic rings. The first-order valence-electron chi connectivity index (χ1n) is 19.3. The lowest BCUT2D eigenvalue weighted by Crippen LogP contribution is -2.59. The maximum atomic E-state index is 13.2. The molecule has 0 aliphatic carbocycles. The topological polar surface area (TPSA) is 78.9 Å². The standard InChI is InChI=1S/C41H66N2O7SSi/c1-29(2)52(30(3)4,31(5)6)50-39-26-43(41(44)47-10)25-38(40(39)34-13-15-35(16-14-34)51-23-18-32(7)27-46-9)49-28-33-12-17-37-36(24-33)42(20-22-48-37)19-11-21-45-8/h12-17,24,29-32,38-40H,11,18-23,25-28H2,1-10H3/t32-,38+,39-,40-/m1/s1. The maximum absolute atomic E-state index is 13.2. The molecule has 0 radical (unpaired) electrons. The Bertz CT molecular complexity index is 1360. The number of carbonyl (C=O) groups excluding carboxylic acids is 1. The molecule has 292 valence electrons. The van der Waals surface area contributed by atoms with Gasteiger partial charge in [-0.1, -0.05) is 66.7 Å². The maximum Gasteiger partial charge on any atom is 0.409 e. The minimum Gasteiger partial charge on any atom is -0.490 e. The van der Waals surface area contributed by atoms with Gasteiger partial charge in [-0.15, -0.1) is 11.8 Å². The van der Waals surface area contributed by atoms with Crippen molar-refractivity contribution < 1.29 is 32.9 Å². The van der Waals surface area contributed by atoms with Gasteiger partial charge in [0.25, 0.3) is 0 Å². The van der Waals surface area contributed by atoms with Gasteiger partial charge in [0.15, 0.2) is 0 Å². The zero-order chi connectivity index (χ0) is 37.8. The van der Waals surface area contributed by atoms with E-state index in [-0.39, 0.29) is 24.2 Å². The van der Waals surface area contributed by atoms with Crippen LogP contribution in [0, 0.1) is 5.92 Å². The summed E-state index contributed by atoms with van der Waals surface area (Å²) in [4.78, 5) is 18.7. The van der Waals surface area contributed by atoms with Crippen molar-refractivity contribution >= 4 is 31.9 Å². The number of benzene rings is 2. The molecule has 11 heteroatoms. The quantitative estimate of drug-likeness (QED) is 0.0793. The van der Waals surface area contributed by atoms with Gasteiger partial charge in [0.1, 0.15) is 12.4 Å². The minimum absolute atomic E-state index is 0.0729. The van der Waals surface area contributed by atoms with E-state index >= 15 is 0 Å². The Hall–Kier alpha value is -2.28. The van der Waals surface area contributed by atoms with Gasteiger partial charge in [0.05, 0.1) is 44.7 Å². The summed E-state index contributed by atoms with van der Waals surface area (Å²) >= 11 is 1.88. The number of ether oxygens (including phenoxy) is 5. The monoisotopic (exact) mass is 758 g/mol. The Morgan fingerprint density at radius 1 is 0.923 bits per heavy atom. The van der Waals surface area contributed by atoms with Crippen molar-refractivity contribution in [3.8, 4) is 5.75 Å². The molecule has 1 fully saturated rings. The summed E-state index contributed by atoms with van der Waals surface area (Å²) in [5.41, 5.74) is 4.52. The van der Waals surface area contributed by atoms with Crippen LogP contribution in [0.25, 0.3) is 0 Å². The van der Waals surface area contributed by atoms with Crippen LogP contribution in [0.5, 0.6) is 5.75 Å². The highest BCUT2D eigenvalue weighted by molar-refractivity contribution is 7.99. The lowest BCUT2D eigenvalue weighted by Gasteiger charge is -2.50. The Labute approximate surface area is 319 Å². The van der Waals surface area contributed by atoms with E-state index < -0.39 is 8.32 Å². The van der Waals surface area contributed by atoms with Crippen molar-refractivity contribution in [1.29, 1.82) is 0 Å². The van der Waals surface area contributed by atoms with E-state index in [2.05, 4.69) is 95.8 Å². The highest BCUT2D eigenvalue weighted by Gasteiger charge is 2.51. The molecular weight excluding hydrogens is 693 g/mol. The van der Waals surface area contributed by atoms with E-state index in [1.807, 2.05) is 11.8 Å². The van der Waals surface area contributed by atoms with Gasteiger partial charge < -0.3 is 37.9 Å². The second-order valence-corrected chi connectivity index (χ2v) is 22.1. The molecular formula is C41H66N2O7SSi. The molecule has 52 heavy (non-hydrogen) atoms. The molecule has 2 aromatic carbocycles. The van der Waals surface area contributed by atoms with Crippen LogP contribution in [0.1, 0.15) is 78.4 Å². The molecule has 2 heterocycles. The highest BCUT2D eigenvalue weighted by Crippen LogP contribution is 2.46. The third-order valence-corrected chi connectivity index (χ3v) is 18.1.